The topological polar surface area (TPSA) is 120 Å². The average Bonchev–Trinajstić information content (AvgIpc) is 2.78. The summed E-state index contributed by atoms with van der Waals surface area (Å²) in [7, 11) is 0. The van der Waals surface area contributed by atoms with Crippen LogP contribution in [-0.2, 0) is 9.59 Å². The number of carbonyl (C=O) groups excluding carboxylic acids is 3. The van der Waals surface area contributed by atoms with Gasteiger partial charge in [-0.25, -0.2) is 5.43 Å². The Morgan fingerprint density at radius 3 is 2.41 bits per heavy atom. The van der Waals surface area contributed by atoms with Gasteiger partial charge >= 0.3 is 11.8 Å². The molecule has 0 aliphatic heterocycles. The maximum Gasteiger partial charge on any atom is 0.329 e. The molecule has 0 aliphatic rings. The Morgan fingerprint density at radius 2 is 1.66 bits per heavy atom. The minimum atomic E-state index is -1.04. The first-order chi connectivity index (χ1) is 15.3. The average molecular weight is 495 g/mol. The number of phenols is 1. The third-order valence-electron chi connectivity index (χ3n) is 4.29. The molecule has 0 saturated carbocycles. The zero-order valence-corrected chi connectivity index (χ0v) is 18.5. The van der Waals surface area contributed by atoms with Crippen molar-refractivity contribution in [2.75, 3.05) is 10.6 Å². The van der Waals surface area contributed by atoms with Crippen LogP contribution in [0.5, 0.6) is 5.75 Å². The Hall–Kier alpha value is -3.98. The quantitative estimate of drug-likeness (QED) is 0.245. The smallest absolute Gasteiger partial charge is 0.329 e. The molecule has 0 spiro atoms. The number of rotatable bonds is 5. The van der Waals surface area contributed by atoms with Crippen molar-refractivity contribution in [2.24, 2.45) is 5.10 Å². The lowest BCUT2D eigenvalue weighted by atomic mass is 10.1. The number of anilines is 2. The number of amides is 3. The molecule has 3 amide bonds. The second kappa shape index (κ2) is 10.4. The van der Waals surface area contributed by atoms with Gasteiger partial charge in [-0.05, 0) is 49.4 Å². The molecule has 8 nitrogen and oxygen atoms in total. The van der Waals surface area contributed by atoms with E-state index in [9.17, 15) is 19.5 Å². The summed E-state index contributed by atoms with van der Waals surface area (Å²) in [6.45, 7) is 1.94. The second-order valence-electron chi connectivity index (χ2n) is 6.72. The number of nitrogens with zero attached hydrogens (tertiary/aromatic N) is 1. The van der Waals surface area contributed by atoms with E-state index < -0.39 is 17.7 Å². The van der Waals surface area contributed by atoms with E-state index in [1.54, 1.807) is 36.4 Å². The fraction of sp³-hybridized carbons (Fsp3) is 0.0435. The maximum absolute atomic E-state index is 12.6. The molecule has 0 unspecified atom stereocenters. The fourth-order valence-electron chi connectivity index (χ4n) is 2.64. The Kier molecular flexibility index (Phi) is 7.35. The van der Waals surface area contributed by atoms with Crippen molar-refractivity contribution in [3.63, 3.8) is 0 Å². The minimum absolute atomic E-state index is 0.0378. The van der Waals surface area contributed by atoms with Crippen LogP contribution >= 0.6 is 15.9 Å². The number of aryl methyl sites for hydroxylation is 1. The standard InChI is InChI=1S/C23H19BrN4O4/c1-14-6-9-17(10-7-14)26-21(30)18-4-2-3-5-19(18)27-22(31)23(32)28-25-13-15-12-16(24)8-11-20(15)29/h2-13,29H,1H3,(H,26,30)(H,27,31)(H,28,32)/b25-13-. The molecule has 0 aliphatic carbocycles. The van der Waals surface area contributed by atoms with Gasteiger partial charge in [0.25, 0.3) is 5.91 Å². The number of hydrazone groups is 1. The summed E-state index contributed by atoms with van der Waals surface area (Å²) in [5.41, 5.74) is 4.45. The van der Waals surface area contributed by atoms with Crippen LogP contribution in [0.15, 0.2) is 76.3 Å². The predicted molar refractivity (Wildman–Crippen MR) is 126 cm³/mol. The number of hydrogen-bond acceptors (Lipinski definition) is 5. The van der Waals surface area contributed by atoms with E-state index in [4.69, 9.17) is 0 Å². The Bertz CT molecular complexity index is 1190. The molecular formula is C23H19BrN4O4. The number of carbonyl (C=O) groups is 3. The lowest BCUT2D eigenvalue weighted by Crippen LogP contribution is -2.33. The summed E-state index contributed by atoms with van der Waals surface area (Å²) in [4.78, 5) is 37.0. The highest BCUT2D eigenvalue weighted by Crippen LogP contribution is 2.20. The number of benzene rings is 3. The molecule has 3 rings (SSSR count). The number of halogens is 1. The van der Waals surface area contributed by atoms with Crippen molar-refractivity contribution in [1.82, 2.24) is 5.43 Å². The third kappa shape index (κ3) is 6.02. The van der Waals surface area contributed by atoms with Gasteiger partial charge in [0.05, 0.1) is 17.5 Å². The molecular weight excluding hydrogens is 476 g/mol. The molecule has 0 saturated heterocycles. The van der Waals surface area contributed by atoms with Crippen LogP contribution < -0.4 is 16.1 Å². The fourth-order valence-corrected chi connectivity index (χ4v) is 3.02. The summed E-state index contributed by atoms with van der Waals surface area (Å²) in [6.07, 6.45) is 1.20. The Morgan fingerprint density at radius 1 is 0.938 bits per heavy atom. The summed E-state index contributed by atoms with van der Waals surface area (Å²) in [6, 6.07) is 18.3. The highest BCUT2D eigenvalue weighted by Gasteiger charge is 2.17. The monoisotopic (exact) mass is 494 g/mol. The van der Waals surface area contributed by atoms with Gasteiger partial charge in [-0.3, -0.25) is 14.4 Å². The Labute approximate surface area is 192 Å². The first-order valence-electron chi connectivity index (χ1n) is 9.43. The van der Waals surface area contributed by atoms with Gasteiger partial charge in [0.1, 0.15) is 5.75 Å². The zero-order chi connectivity index (χ0) is 23.1. The molecule has 0 radical (unpaired) electrons. The van der Waals surface area contributed by atoms with Crippen molar-refractivity contribution in [2.45, 2.75) is 6.92 Å². The van der Waals surface area contributed by atoms with E-state index in [-0.39, 0.29) is 17.0 Å². The van der Waals surface area contributed by atoms with Crippen molar-refractivity contribution in [3.05, 3.63) is 87.9 Å². The van der Waals surface area contributed by atoms with Gasteiger partial charge in [0.2, 0.25) is 0 Å². The Balaban J connectivity index is 1.65. The van der Waals surface area contributed by atoms with Gasteiger partial charge in [-0.2, -0.15) is 5.10 Å². The van der Waals surface area contributed by atoms with Crippen molar-refractivity contribution >= 4 is 51.2 Å². The zero-order valence-electron chi connectivity index (χ0n) is 16.9. The van der Waals surface area contributed by atoms with Gasteiger partial charge in [-0.1, -0.05) is 45.8 Å². The molecule has 0 heterocycles. The third-order valence-corrected chi connectivity index (χ3v) is 4.79. The predicted octanol–water partition coefficient (Wildman–Crippen LogP) is 3.80. The molecule has 0 atom stereocenters. The van der Waals surface area contributed by atoms with E-state index in [0.717, 1.165) is 5.56 Å². The molecule has 0 fully saturated rings. The maximum atomic E-state index is 12.6. The van der Waals surface area contributed by atoms with Crippen molar-refractivity contribution in [1.29, 1.82) is 0 Å². The van der Waals surface area contributed by atoms with E-state index in [2.05, 4.69) is 37.1 Å². The van der Waals surface area contributed by atoms with Crippen molar-refractivity contribution in [3.8, 4) is 5.75 Å². The van der Waals surface area contributed by atoms with Crippen LogP contribution in [0.25, 0.3) is 0 Å². The van der Waals surface area contributed by atoms with Crippen LogP contribution in [0.4, 0.5) is 11.4 Å². The largest absolute Gasteiger partial charge is 0.507 e. The number of phenolic OH excluding ortho intramolecular Hbond substituents is 1. The van der Waals surface area contributed by atoms with Crippen LogP contribution in [0, 0.1) is 6.92 Å². The lowest BCUT2D eigenvalue weighted by Gasteiger charge is -2.11. The number of para-hydroxylation sites is 1. The first-order valence-corrected chi connectivity index (χ1v) is 10.2. The number of nitrogens with one attached hydrogen (secondary N) is 3. The molecule has 0 bridgehead atoms. The van der Waals surface area contributed by atoms with Gasteiger partial charge in [0, 0.05) is 15.7 Å². The van der Waals surface area contributed by atoms with E-state index in [1.807, 2.05) is 19.1 Å². The lowest BCUT2D eigenvalue weighted by molar-refractivity contribution is -0.136. The SMILES string of the molecule is Cc1ccc(NC(=O)c2ccccc2NC(=O)C(=O)N/N=C\c2cc(Br)ccc2O)cc1. The molecule has 3 aromatic carbocycles. The van der Waals surface area contributed by atoms with Crippen LogP contribution in [0.2, 0.25) is 0 Å². The molecule has 3 aromatic rings. The molecule has 162 valence electrons. The van der Waals surface area contributed by atoms with E-state index in [0.29, 0.717) is 15.7 Å². The summed E-state index contributed by atoms with van der Waals surface area (Å²) < 4.78 is 0.710. The summed E-state index contributed by atoms with van der Waals surface area (Å²) >= 11 is 3.26. The number of aromatic hydroxyl groups is 1. The highest BCUT2D eigenvalue weighted by molar-refractivity contribution is 9.10. The second-order valence-corrected chi connectivity index (χ2v) is 7.64. The van der Waals surface area contributed by atoms with Crippen LogP contribution in [-0.4, -0.2) is 29.0 Å². The number of hydrogen-bond donors (Lipinski definition) is 4. The van der Waals surface area contributed by atoms with Gasteiger partial charge in [0.15, 0.2) is 0 Å². The normalized spacial score (nSPS) is 10.6. The van der Waals surface area contributed by atoms with Crippen molar-refractivity contribution < 1.29 is 19.5 Å². The summed E-state index contributed by atoms with van der Waals surface area (Å²) in [5.74, 6) is -2.52. The highest BCUT2D eigenvalue weighted by atomic mass is 79.9. The molecule has 4 N–H and O–H groups in total. The molecule has 0 aromatic heterocycles. The van der Waals surface area contributed by atoms with Crippen LogP contribution in [0.1, 0.15) is 21.5 Å². The molecule has 9 heteroatoms. The molecule has 32 heavy (non-hydrogen) atoms. The van der Waals surface area contributed by atoms with E-state index in [1.165, 1.54) is 24.4 Å². The van der Waals surface area contributed by atoms with Gasteiger partial charge in [-0.15, -0.1) is 0 Å². The van der Waals surface area contributed by atoms with E-state index >= 15 is 0 Å². The first kappa shape index (κ1) is 22.7. The van der Waals surface area contributed by atoms with Gasteiger partial charge < -0.3 is 15.7 Å². The van der Waals surface area contributed by atoms with Crippen LogP contribution in [0.3, 0.4) is 0 Å². The summed E-state index contributed by atoms with van der Waals surface area (Å²) in [5, 5.41) is 18.6. The minimum Gasteiger partial charge on any atom is -0.507 e.